The van der Waals surface area contributed by atoms with Crippen molar-refractivity contribution in [2.24, 2.45) is 0 Å². The molecule has 1 aliphatic rings. The Bertz CT molecular complexity index is 600. The maximum atomic E-state index is 10.8. The number of likely N-dealkylation sites (tertiary alicyclic amines) is 1. The van der Waals surface area contributed by atoms with E-state index in [-0.39, 0.29) is 0 Å². The van der Waals surface area contributed by atoms with Gasteiger partial charge < -0.3 is 14.8 Å². The van der Waals surface area contributed by atoms with Crippen LogP contribution in [0.1, 0.15) is 24.1 Å². The molecule has 1 atom stereocenters. The second kappa shape index (κ2) is 6.50. The maximum Gasteiger partial charge on any atom is 0.119 e. The van der Waals surface area contributed by atoms with Crippen molar-refractivity contribution < 1.29 is 9.84 Å². The largest absolute Gasteiger partial charge is 0.491 e. The molecule has 5 nitrogen and oxygen atoms in total. The average molecular weight is 301 g/mol. The first kappa shape index (κ1) is 15.1. The van der Waals surface area contributed by atoms with Gasteiger partial charge in [0.1, 0.15) is 18.0 Å². The van der Waals surface area contributed by atoms with Crippen LogP contribution in [-0.2, 0) is 6.54 Å². The van der Waals surface area contributed by atoms with Crippen molar-refractivity contribution >= 4 is 0 Å². The number of hydrogen-bond acceptors (Lipinski definition) is 4. The molecule has 1 fully saturated rings. The van der Waals surface area contributed by atoms with Crippen molar-refractivity contribution in [3.8, 4) is 5.75 Å². The van der Waals surface area contributed by atoms with Crippen LogP contribution in [-0.4, -0.2) is 45.3 Å². The van der Waals surface area contributed by atoms with Crippen LogP contribution >= 0.6 is 0 Å². The smallest absolute Gasteiger partial charge is 0.119 e. The van der Waals surface area contributed by atoms with Crippen LogP contribution in [0.15, 0.2) is 36.8 Å². The Labute approximate surface area is 130 Å². The fourth-order valence-electron chi connectivity index (χ4n) is 2.99. The molecule has 0 aliphatic carbocycles. The molecule has 2 heterocycles. The Kier molecular flexibility index (Phi) is 4.45. The molecule has 5 heteroatoms. The molecule has 0 spiro atoms. The minimum atomic E-state index is -0.790. The molecule has 2 aromatic rings. The van der Waals surface area contributed by atoms with E-state index >= 15 is 0 Å². The molecule has 1 aromatic heterocycles. The lowest BCUT2D eigenvalue weighted by molar-refractivity contribution is -0.0623. The number of aromatic amines is 1. The Balaban J connectivity index is 1.57. The van der Waals surface area contributed by atoms with E-state index in [1.807, 2.05) is 37.4 Å². The monoisotopic (exact) mass is 301 g/mol. The van der Waals surface area contributed by atoms with E-state index in [1.165, 1.54) is 0 Å². The number of ether oxygens (including phenoxy) is 1. The summed E-state index contributed by atoms with van der Waals surface area (Å²) in [6.07, 6.45) is 5.27. The molecule has 1 saturated heterocycles. The Hall–Kier alpha value is -1.85. The fraction of sp³-hybridized carbons (Fsp3) is 0.471. The summed E-state index contributed by atoms with van der Waals surface area (Å²) in [4.78, 5) is 9.40. The van der Waals surface area contributed by atoms with Gasteiger partial charge in [-0.05, 0) is 44.0 Å². The van der Waals surface area contributed by atoms with Gasteiger partial charge in [-0.15, -0.1) is 0 Å². The van der Waals surface area contributed by atoms with E-state index in [1.54, 1.807) is 6.33 Å². The van der Waals surface area contributed by atoms with Gasteiger partial charge in [-0.1, -0.05) is 12.1 Å². The lowest BCUT2D eigenvalue weighted by Gasteiger charge is -2.38. The van der Waals surface area contributed by atoms with Crippen molar-refractivity contribution in [2.45, 2.75) is 31.9 Å². The van der Waals surface area contributed by atoms with E-state index in [0.29, 0.717) is 13.2 Å². The van der Waals surface area contributed by atoms with Crippen molar-refractivity contribution in [1.82, 2.24) is 14.9 Å². The van der Waals surface area contributed by atoms with Crippen LogP contribution in [0.5, 0.6) is 5.75 Å². The first-order chi connectivity index (χ1) is 10.6. The molecule has 0 saturated carbocycles. The predicted molar refractivity (Wildman–Crippen MR) is 84.7 cm³/mol. The van der Waals surface area contributed by atoms with Crippen molar-refractivity contribution in [3.05, 3.63) is 48.0 Å². The summed E-state index contributed by atoms with van der Waals surface area (Å²) >= 11 is 0. The fourth-order valence-corrected chi connectivity index (χ4v) is 2.99. The standard InChI is InChI=1S/C17H23N3O2/c1-14-4-2-5-16(8-14)22-12-17(21)6-3-7-20(11-17)10-15-9-18-13-19-15/h2,4-5,8-9,13,21H,3,6-7,10-12H2,1H3,(H,18,19)/t17-/m1/s1. The minimum absolute atomic E-state index is 0.329. The number of aromatic nitrogens is 2. The lowest BCUT2D eigenvalue weighted by atomic mass is 9.93. The first-order valence-electron chi connectivity index (χ1n) is 7.74. The normalized spacial score (nSPS) is 22.6. The van der Waals surface area contributed by atoms with Crippen LogP contribution in [0, 0.1) is 6.92 Å². The summed E-state index contributed by atoms with van der Waals surface area (Å²) in [6.45, 7) is 4.76. The van der Waals surface area contributed by atoms with E-state index in [0.717, 1.165) is 42.9 Å². The van der Waals surface area contributed by atoms with Gasteiger partial charge >= 0.3 is 0 Å². The van der Waals surface area contributed by atoms with E-state index in [9.17, 15) is 5.11 Å². The zero-order valence-electron chi connectivity index (χ0n) is 13.0. The molecule has 118 valence electrons. The molecule has 1 aromatic carbocycles. The third-order valence-corrected chi connectivity index (χ3v) is 4.08. The van der Waals surface area contributed by atoms with E-state index in [4.69, 9.17) is 4.74 Å². The molecule has 3 rings (SSSR count). The summed E-state index contributed by atoms with van der Waals surface area (Å²) < 4.78 is 5.82. The summed E-state index contributed by atoms with van der Waals surface area (Å²) in [5, 5.41) is 10.8. The molecule has 1 aliphatic heterocycles. The van der Waals surface area contributed by atoms with Gasteiger partial charge in [-0.3, -0.25) is 4.90 Å². The van der Waals surface area contributed by atoms with Crippen molar-refractivity contribution in [2.75, 3.05) is 19.7 Å². The molecule has 2 N–H and O–H groups in total. The number of imidazole rings is 1. The topological polar surface area (TPSA) is 61.4 Å². The highest BCUT2D eigenvalue weighted by Crippen LogP contribution is 2.24. The van der Waals surface area contributed by atoms with Crippen molar-refractivity contribution in [1.29, 1.82) is 0 Å². The summed E-state index contributed by atoms with van der Waals surface area (Å²) in [5.41, 5.74) is 1.44. The Morgan fingerprint density at radius 3 is 3.14 bits per heavy atom. The third-order valence-electron chi connectivity index (χ3n) is 4.08. The molecule has 0 bridgehead atoms. The van der Waals surface area contributed by atoms with E-state index < -0.39 is 5.60 Å². The van der Waals surface area contributed by atoms with Crippen LogP contribution in [0.25, 0.3) is 0 Å². The number of aryl methyl sites for hydroxylation is 1. The summed E-state index contributed by atoms with van der Waals surface area (Å²) in [5.74, 6) is 0.819. The predicted octanol–water partition coefficient (Wildman–Crippen LogP) is 2.12. The van der Waals surface area contributed by atoms with Crippen LogP contribution in [0.3, 0.4) is 0 Å². The number of benzene rings is 1. The van der Waals surface area contributed by atoms with Crippen LogP contribution in [0.4, 0.5) is 0 Å². The first-order valence-corrected chi connectivity index (χ1v) is 7.74. The van der Waals surface area contributed by atoms with Crippen molar-refractivity contribution in [3.63, 3.8) is 0 Å². The lowest BCUT2D eigenvalue weighted by Crippen LogP contribution is -2.51. The van der Waals surface area contributed by atoms with Gasteiger partial charge in [0.2, 0.25) is 0 Å². The van der Waals surface area contributed by atoms with Gasteiger partial charge in [0, 0.05) is 25.0 Å². The highest BCUT2D eigenvalue weighted by atomic mass is 16.5. The number of hydrogen-bond donors (Lipinski definition) is 2. The number of nitrogens with one attached hydrogen (secondary N) is 1. The van der Waals surface area contributed by atoms with Gasteiger partial charge in [-0.2, -0.15) is 0 Å². The van der Waals surface area contributed by atoms with Gasteiger partial charge in [0.25, 0.3) is 0 Å². The highest BCUT2D eigenvalue weighted by Gasteiger charge is 2.34. The Morgan fingerprint density at radius 1 is 1.45 bits per heavy atom. The minimum Gasteiger partial charge on any atom is -0.491 e. The van der Waals surface area contributed by atoms with Crippen LogP contribution < -0.4 is 4.74 Å². The number of rotatable bonds is 5. The number of nitrogens with zero attached hydrogens (tertiary/aromatic N) is 2. The molecule has 0 unspecified atom stereocenters. The van der Waals surface area contributed by atoms with Gasteiger partial charge in [0.05, 0.1) is 6.33 Å². The Morgan fingerprint density at radius 2 is 2.36 bits per heavy atom. The molecule has 0 amide bonds. The average Bonchev–Trinajstić information content (AvgIpc) is 2.98. The molecular weight excluding hydrogens is 278 g/mol. The number of β-amino-alcohol motifs (C(OH)–C–C–N with tert-alkyl or cyclic N) is 1. The zero-order chi connectivity index (χ0) is 15.4. The third kappa shape index (κ3) is 3.87. The number of piperidine rings is 1. The summed E-state index contributed by atoms with van der Waals surface area (Å²) in [7, 11) is 0. The second-order valence-corrected chi connectivity index (χ2v) is 6.22. The second-order valence-electron chi connectivity index (χ2n) is 6.22. The van der Waals surface area contributed by atoms with Gasteiger partial charge in [0.15, 0.2) is 0 Å². The number of aliphatic hydroxyl groups is 1. The summed E-state index contributed by atoms with van der Waals surface area (Å²) in [6, 6.07) is 7.94. The molecular formula is C17H23N3O2. The highest BCUT2D eigenvalue weighted by molar-refractivity contribution is 5.27. The molecule has 22 heavy (non-hydrogen) atoms. The molecule has 0 radical (unpaired) electrons. The zero-order valence-corrected chi connectivity index (χ0v) is 13.0. The SMILES string of the molecule is Cc1cccc(OC[C@@]2(O)CCCN(Cc3cnc[nH]3)C2)c1. The number of H-pyrrole nitrogens is 1. The van der Waals surface area contributed by atoms with Crippen LogP contribution in [0.2, 0.25) is 0 Å². The van der Waals surface area contributed by atoms with E-state index in [2.05, 4.69) is 14.9 Å². The quantitative estimate of drug-likeness (QED) is 0.888. The van der Waals surface area contributed by atoms with Gasteiger partial charge in [-0.25, -0.2) is 4.98 Å². The maximum absolute atomic E-state index is 10.8.